The molecule has 0 radical (unpaired) electrons. The Morgan fingerprint density at radius 3 is 2.75 bits per heavy atom. The highest BCUT2D eigenvalue weighted by molar-refractivity contribution is 9.09. The van der Waals surface area contributed by atoms with Crippen LogP contribution < -0.4 is 0 Å². The first-order valence-corrected chi connectivity index (χ1v) is 7.16. The second kappa shape index (κ2) is 6.96. The molecule has 0 atom stereocenters. The molecule has 0 N–H and O–H groups in total. The lowest BCUT2D eigenvalue weighted by Crippen LogP contribution is -2.27. The van der Waals surface area contributed by atoms with Gasteiger partial charge < -0.3 is 4.90 Å². The molecule has 0 saturated carbocycles. The Hall–Kier alpha value is -0.490. The van der Waals surface area contributed by atoms with E-state index in [4.69, 9.17) is 0 Å². The summed E-state index contributed by atoms with van der Waals surface area (Å²) in [6.45, 7) is 2.61. The Morgan fingerprint density at radius 1 is 1.44 bits per heavy atom. The predicted molar refractivity (Wildman–Crippen MR) is 69.3 cm³/mol. The van der Waals surface area contributed by atoms with Crippen LogP contribution in [0.3, 0.4) is 0 Å². The monoisotopic (exact) mass is 305 g/mol. The molecule has 0 aliphatic carbocycles. The number of amides is 1. The number of carbonyl (C=O) groups is 1. The van der Waals surface area contributed by atoms with Gasteiger partial charge in [-0.1, -0.05) is 26.8 Å². The van der Waals surface area contributed by atoms with Crippen LogP contribution in [0.5, 0.6) is 0 Å². The number of aryl methyl sites for hydroxylation is 1. The summed E-state index contributed by atoms with van der Waals surface area (Å²) >= 11 is 4.56. The molecule has 1 aromatic heterocycles. The smallest absolute Gasteiger partial charge is 0.267 e. The van der Waals surface area contributed by atoms with Crippen LogP contribution in [0.2, 0.25) is 0 Å². The molecule has 0 aliphatic heterocycles. The third-order valence-corrected chi connectivity index (χ3v) is 3.70. The fourth-order valence-electron chi connectivity index (χ4n) is 1.32. The minimum atomic E-state index is 0.0337. The maximum Gasteiger partial charge on any atom is 0.267 e. The first kappa shape index (κ1) is 13.6. The Morgan fingerprint density at radius 2 is 2.19 bits per heavy atom. The first-order chi connectivity index (χ1) is 7.66. The Bertz CT molecular complexity index is 343. The zero-order valence-electron chi connectivity index (χ0n) is 9.57. The summed E-state index contributed by atoms with van der Waals surface area (Å²) in [6, 6.07) is 0. The molecule has 1 aromatic rings. The molecule has 4 nitrogen and oxygen atoms in total. The summed E-state index contributed by atoms with van der Waals surface area (Å²) in [5, 5.41) is 4.87. The van der Waals surface area contributed by atoms with Gasteiger partial charge in [0, 0.05) is 18.9 Å². The van der Waals surface area contributed by atoms with E-state index in [1.54, 1.807) is 4.90 Å². The lowest BCUT2D eigenvalue weighted by molar-refractivity contribution is 0.0796. The maximum atomic E-state index is 11.9. The van der Waals surface area contributed by atoms with Gasteiger partial charge in [-0.15, -0.1) is 5.10 Å². The van der Waals surface area contributed by atoms with Crippen molar-refractivity contribution in [3.63, 3.8) is 0 Å². The summed E-state index contributed by atoms with van der Waals surface area (Å²) in [6.07, 6.45) is 3.34. The van der Waals surface area contributed by atoms with E-state index in [2.05, 4.69) is 25.5 Å². The van der Waals surface area contributed by atoms with Crippen LogP contribution in [0.4, 0.5) is 0 Å². The number of aromatic nitrogens is 2. The van der Waals surface area contributed by atoms with E-state index < -0.39 is 0 Å². The zero-order chi connectivity index (χ0) is 12.0. The van der Waals surface area contributed by atoms with Gasteiger partial charge in [0.2, 0.25) is 0 Å². The van der Waals surface area contributed by atoms with E-state index in [9.17, 15) is 4.79 Å². The van der Waals surface area contributed by atoms with Crippen molar-refractivity contribution in [2.45, 2.75) is 26.2 Å². The summed E-state index contributed by atoms with van der Waals surface area (Å²) in [5.41, 5.74) is 0.724. The largest absolute Gasteiger partial charge is 0.341 e. The Kier molecular flexibility index (Phi) is 5.90. The highest BCUT2D eigenvalue weighted by Crippen LogP contribution is 2.12. The molecule has 0 aliphatic rings. The van der Waals surface area contributed by atoms with Gasteiger partial charge in [0.1, 0.15) is 4.88 Å². The van der Waals surface area contributed by atoms with E-state index in [0.717, 1.165) is 36.8 Å². The fourth-order valence-corrected chi connectivity index (χ4v) is 2.37. The van der Waals surface area contributed by atoms with Crippen LogP contribution in [-0.2, 0) is 0 Å². The molecule has 1 amide bonds. The third-order valence-electron chi connectivity index (χ3n) is 2.32. The second-order valence-corrected chi connectivity index (χ2v) is 5.21. The van der Waals surface area contributed by atoms with Gasteiger partial charge in [0.05, 0.1) is 5.69 Å². The summed E-state index contributed by atoms with van der Waals surface area (Å²) in [4.78, 5) is 14.3. The third kappa shape index (κ3) is 3.83. The van der Waals surface area contributed by atoms with Crippen LogP contribution >= 0.6 is 27.5 Å². The number of hydrogen-bond donors (Lipinski definition) is 0. The van der Waals surface area contributed by atoms with E-state index in [0.29, 0.717) is 4.88 Å². The number of unbranched alkanes of at least 4 members (excludes halogenated alkanes) is 2. The molecular formula is C10H16BrN3OS. The molecule has 0 fully saturated rings. The van der Waals surface area contributed by atoms with Crippen molar-refractivity contribution in [2.75, 3.05) is 18.9 Å². The Balaban J connectivity index is 2.40. The average Bonchev–Trinajstić information content (AvgIpc) is 2.69. The van der Waals surface area contributed by atoms with Crippen molar-refractivity contribution in [3.05, 3.63) is 10.6 Å². The molecule has 0 spiro atoms. The van der Waals surface area contributed by atoms with Gasteiger partial charge >= 0.3 is 0 Å². The summed E-state index contributed by atoms with van der Waals surface area (Å²) < 4.78 is 3.77. The fraction of sp³-hybridized carbons (Fsp3) is 0.700. The highest BCUT2D eigenvalue weighted by atomic mass is 79.9. The molecule has 90 valence electrons. The molecule has 1 rings (SSSR count). The standard InChI is InChI=1S/C10H16BrN3OS/c1-8-9(16-13-12-8)10(15)14(2)7-5-3-4-6-11/h3-7H2,1-2H3. The molecular weight excluding hydrogens is 290 g/mol. The maximum absolute atomic E-state index is 11.9. The van der Waals surface area contributed by atoms with Crippen molar-refractivity contribution in [1.29, 1.82) is 0 Å². The van der Waals surface area contributed by atoms with Crippen molar-refractivity contribution in [3.8, 4) is 0 Å². The van der Waals surface area contributed by atoms with E-state index in [-0.39, 0.29) is 5.91 Å². The second-order valence-electron chi connectivity index (χ2n) is 3.66. The lowest BCUT2D eigenvalue weighted by atomic mass is 10.2. The average molecular weight is 306 g/mol. The molecule has 0 aromatic carbocycles. The number of alkyl halides is 1. The van der Waals surface area contributed by atoms with Crippen LogP contribution in [0.25, 0.3) is 0 Å². The number of rotatable bonds is 6. The number of hydrogen-bond acceptors (Lipinski definition) is 4. The van der Waals surface area contributed by atoms with Crippen molar-refractivity contribution in [1.82, 2.24) is 14.5 Å². The van der Waals surface area contributed by atoms with Crippen molar-refractivity contribution >= 4 is 33.4 Å². The minimum Gasteiger partial charge on any atom is -0.341 e. The van der Waals surface area contributed by atoms with E-state index in [1.807, 2.05) is 14.0 Å². The van der Waals surface area contributed by atoms with Crippen molar-refractivity contribution in [2.24, 2.45) is 0 Å². The molecule has 1 heterocycles. The molecule has 16 heavy (non-hydrogen) atoms. The van der Waals surface area contributed by atoms with E-state index in [1.165, 1.54) is 11.5 Å². The van der Waals surface area contributed by atoms with Crippen LogP contribution in [0.15, 0.2) is 0 Å². The lowest BCUT2D eigenvalue weighted by Gasteiger charge is -2.15. The quantitative estimate of drug-likeness (QED) is 0.599. The van der Waals surface area contributed by atoms with Crippen LogP contribution in [-0.4, -0.2) is 39.3 Å². The van der Waals surface area contributed by atoms with Crippen molar-refractivity contribution < 1.29 is 4.79 Å². The molecule has 0 unspecified atom stereocenters. The molecule has 0 saturated heterocycles. The molecule has 0 bridgehead atoms. The van der Waals surface area contributed by atoms with E-state index >= 15 is 0 Å². The topological polar surface area (TPSA) is 46.1 Å². The molecule has 6 heteroatoms. The number of carbonyl (C=O) groups excluding carboxylic acids is 1. The van der Waals surface area contributed by atoms with Gasteiger partial charge in [0.25, 0.3) is 5.91 Å². The highest BCUT2D eigenvalue weighted by Gasteiger charge is 2.16. The van der Waals surface area contributed by atoms with Gasteiger partial charge in [-0.05, 0) is 31.3 Å². The van der Waals surface area contributed by atoms with Gasteiger partial charge in [-0.25, -0.2) is 0 Å². The summed E-state index contributed by atoms with van der Waals surface area (Å²) in [7, 11) is 1.83. The SMILES string of the molecule is Cc1nnsc1C(=O)N(C)CCCCCBr. The van der Waals surface area contributed by atoms with Crippen LogP contribution in [0.1, 0.15) is 34.6 Å². The summed E-state index contributed by atoms with van der Waals surface area (Å²) in [5.74, 6) is 0.0337. The zero-order valence-corrected chi connectivity index (χ0v) is 12.0. The minimum absolute atomic E-state index is 0.0337. The number of nitrogens with zero attached hydrogens (tertiary/aromatic N) is 3. The van der Waals surface area contributed by atoms with Crippen LogP contribution in [0, 0.1) is 6.92 Å². The Labute approximate surface area is 108 Å². The predicted octanol–water partition coefficient (Wildman–Crippen LogP) is 2.48. The first-order valence-electron chi connectivity index (χ1n) is 5.27. The van der Waals surface area contributed by atoms with Gasteiger partial charge in [-0.3, -0.25) is 4.79 Å². The van der Waals surface area contributed by atoms with Gasteiger partial charge in [-0.2, -0.15) is 0 Å². The normalized spacial score (nSPS) is 10.4. The van der Waals surface area contributed by atoms with Gasteiger partial charge in [0.15, 0.2) is 0 Å². The number of halogens is 1.